The van der Waals surface area contributed by atoms with Crippen LogP contribution in [0.4, 0.5) is 0 Å². The molecule has 0 atom stereocenters. The van der Waals surface area contributed by atoms with Gasteiger partial charge in [0.25, 0.3) is 0 Å². The van der Waals surface area contributed by atoms with Crippen LogP contribution in [-0.4, -0.2) is 37.5 Å². The predicted octanol–water partition coefficient (Wildman–Crippen LogP) is 0.384. The van der Waals surface area contributed by atoms with Crippen molar-refractivity contribution in [3.05, 3.63) is 12.2 Å². The average Bonchev–Trinajstić information content (AvgIpc) is 2.55. The van der Waals surface area contributed by atoms with Crippen LogP contribution < -0.4 is 5.32 Å². The number of carbonyl (C=O) groups excluding carboxylic acids is 1. The average molecular weight is 168 g/mol. The molecule has 0 aliphatic carbocycles. The van der Waals surface area contributed by atoms with Crippen molar-refractivity contribution in [2.45, 2.75) is 12.8 Å². The number of amides is 1. The molecule has 0 unspecified atom stereocenters. The summed E-state index contributed by atoms with van der Waals surface area (Å²) in [6.45, 7) is 6.67. The van der Waals surface area contributed by atoms with Gasteiger partial charge in [0.05, 0.1) is 0 Å². The number of likely N-dealkylation sites (N-methyl/N-ethyl adjacent to an activating group) is 1. The Morgan fingerprint density at radius 1 is 1.50 bits per heavy atom. The highest BCUT2D eigenvalue weighted by Gasteiger charge is 2.14. The second-order valence-electron chi connectivity index (χ2n) is 3.17. The summed E-state index contributed by atoms with van der Waals surface area (Å²) in [5.74, 6) is -0.0399. The SMILES string of the molecule is C=C(CN1CCCC1)C(=O)NC. The third kappa shape index (κ3) is 2.34. The van der Waals surface area contributed by atoms with E-state index in [1.807, 2.05) is 0 Å². The molecule has 68 valence electrons. The molecule has 1 N–H and O–H groups in total. The summed E-state index contributed by atoms with van der Waals surface area (Å²) in [4.78, 5) is 13.3. The smallest absolute Gasteiger partial charge is 0.247 e. The van der Waals surface area contributed by atoms with Gasteiger partial charge in [-0.25, -0.2) is 0 Å². The normalized spacial score (nSPS) is 17.8. The molecule has 12 heavy (non-hydrogen) atoms. The molecule has 1 amide bonds. The maximum Gasteiger partial charge on any atom is 0.247 e. The van der Waals surface area contributed by atoms with Crippen LogP contribution in [0.5, 0.6) is 0 Å². The van der Waals surface area contributed by atoms with Gasteiger partial charge in [0.15, 0.2) is 0 Å². The first kappa shape index (κ1) is 9.26. The minimum absolute atomic E-state index is 0.0399. The molecule has 3 nitrogen and oxygen atoms in total. The van der Waals surface area contributed by atoms with E-state index in [0.717, 1.165) is 19.6 Å². The van der Waals surface area contributed by atoms with Crippen LogP contribution in [0.1, 0.15) is 12.8 Å². The number of carbonyl (C=O) groups is 1. The van der Waals surface area contributed by atoms with Gasteiger partial charge in [-0.1, -0.05) is 6.58 Å². The third-order valence-electron chi connectivity index (χ3n) is 2.16. The lowest BCUT2D eigenvalue weighted by Crippen LogP contribution is -2.29. The Morgan fingerprint density at radius 3 is 2.58 bits per heavy atom. The molecule has 1 fully saturated rings. The van der Waals surface area contributed by atoms with Crippen molar-refractivity contribution in [2.24, 2.45) is 0 Å². The molecule has 0 radical (unpaired) electrons. The molecule has 1 heterocycles. The molecule has 1 saturated heterocycles. The lowest BCUT2D eigenvalue weighted by molar-refractivity contribution is -0.117. The van der Waals surface area contributed by atoms with E-state index in [9.17, 15) is 4.79 Å². The van der Waals surface area contributed by atoms with Crippen LogP contribution in [0.3, 0.4) is 0 Å². The van der Waals surface area contributed by atoms with Gasteiger partial charge >= 0.3 is 0 Å². The van der Waals surface area contributed by atoms with E-state index in [2.05, 4.69) is 16.8 Å². The van der Waals surface area contributed by atoms with Crippen LogP contribution in [0, 0.1) is 0 Å². The van der Waals surface area contributed by atoms with Crippen molar-refractivity contribution in [1.29, 1.82) is 0 Å². The molecule has 3 heteroatoms. The lowest BCUT2D eigenvalue weighted by Gasteiger charge is -2.14. The Morgan fingerprint density at radius 2 is 2.08 bits per heavy atom. The maximum atomic E-state index is 11.1. The Balaban J connectivity index is 2.29. The molecule has 0 spiro atoms. The first-order valence-corrected chi connectivity index (χ1v) is 4.36. The number of rotatable bonds is 3. The van der Waals surface area contributed by atoms with Crippen molar-refractivity contribution >= 4 is 5.91 Å². The van der Waals surface area contributed by atoms with Crippen LogP contribution in [-0.2, 0) is 4.79 Å². The van der Waals surface area contributed by atoms with E-state index in [-0.39, 0.29) is 5.91 Å². The van der Waals surface area contributed by atoms with Gasteiger partial charge in [-0.2, -0.15) is 0 Å². The Labute approximate surface area is 73.4 Å². The van der Waals surface area contributed by atoms with Gasteiger partial charge < -0.3 is 5.32 Å². The summed E-state index contributed by atoms with van der Waals surface area (Å²) in [6.07, 6.45) is 2.50. The fraction of sp³-hybridized carbons (Fsp3) is 0.667. The van der Waals surface area contributed by atoms with Gasteiger partial charge in [0.1, 0.15) is 0 Å². The molecular formula is C9H16N2O. The van der Waals surface area contributed by atoms with Crippen molar-refractivity contribution in [3.63, 3.8) is 0 Å². The highest BCUT2D eigenvalue weighted by molar-refractivity contribution is 5.92. The van der Waals surface area contributed by atoms with E-state index in [1.165, 1.54) is 12.8 Å². The second-order valence-corrected chi connectivity index (χ2v) is 3.17. The van der Waals surface area contributed by atoms with Crippen molar-refractivity contribution in [2.75, 3.05) is 26.7 Å². The summed E-state index contributed by atoms with van der Waals surface area (Å²) >= 11 is 0. The number of hydrogen-bond acceptors (Lipinski definition) is 2. The third-order valence-corrected chi connectivity index (χ3v) is 2.16. The molecule has 1 rings (SSSR count). The van der Waals surface area contributed by atoms with Gasteiger partial charge in [-0.05, 0) is 25.9 Å². The van der Waals surface area contributed by atoms with Gasteiger partial charge in [0.2, 0.25) is 5.91 Å². The maximum absolute atomic E-state index is 11.1. The number of hydrogen-bond donors (Lipinski definition) is 1. The highest BCUT2D eigenvalue weighted by Crippen LogP contribution is 2.08. The summed E-state index contributed by atoms with van der Waals surface area (Å²) < 4.78 is 0. The number of nitrogens with zero attached hydrogens (tertiary/aromatic N) is 1. The zero-order valence-electron chi connectivity index (χ0n) is 7.60. The van der Waals surface area contributed by atoms with Crippen LogP contribution in [0.15, 0.2) is 12.2 Å². The van der Waals surface area contributed by atoms with E-state index in [1.54, 1.807) is 7.05 Å². The van der Waals surface area contributed by atoms with Crippen LogP contribution >= 0.6 is 0 Å². The lowest BCUT2D eigenvalue weighted by atomic mass is 10.2. The van der Waals surface area contributed by atoms with E-state index < -0.39 is 0 Å². The van der Waals surface area contributed by atoms with Crippen LogP contribution in [0.2, 0.25) is 0 Å². The fourth-order valence-corrected chi connectivity index (χ4v) is 1.46. The van der Waals surface area contributed by atoms with Gasteiger partial charge in [-0.3, -0.25) is 9.69 Å². The minimum Gasteiger partial charge on any atom is -0.355 e. The Hall–Kier alpha value is -0.830. The van der Waals surface area contributed by atoms with Crippen molar-refractivity contribution < 1.29 is 4.79 Å². The number of nitrogens with one attached hydrogen (secondary N) is 1. The first-order chi connectivity index (χ1) is 5.74. The number of likely N-dealkylation sites (tertiary alicyclic amines) is 1. The molecule has 1 aliphatic heterocycles. The molecule has 1 aliphatic rings. The molecule has 0 aromatic carbocycles. The molecular weight excluding hydrogens is 152 g/mol. The van der Waals surface area contributed by atoms with E-state index in [0.29, 0.717) is 5.57 Å². The van der Waals surface area contributed by atoms with Gasteiger partial charge in [-0.15, -0.1) is 0 Å². The summed E-state index contributed by atoms with van der Waals surface area (Å²) in [5.41, 5.74) is 0.666. The highest BCUT2D eigenvalue weighted by atomic mass is 16.1. The van der Waals surface area contributed by atoms with Gasteiger partial charge in [0, 0.05) is 19.2 Å². The Bertz CT molecular complexity index is 183. The van der Waals surface area contributed by atoms with E-state index >= 15 is 0 Å². The summed E-state index contributed by atoms with van der Waals surface area (Å²) in [5, 5.41) is 2.57. The zero-order chi connectivity index (χ0) is 8.97. The topological polar surface area (TPSA) is 32.3 Å². The van der Waals surface area contributed by atoms with Crippen molar-refractivity contribution in [3.8, 4) is 0 Å². The predicted molar refractivity (Wildman–Crippen MR) is 48.9 cm³/mol. The van der Waals surface area contributed by atoms with E-state index in [4.69, 9.17) is 0 Å². The molecule has 0 aromatic rings. The zero-order valence-corrected chi connectivity index (χ0v) is 7.60. The second kappa shape index (κ2) is 4.26. The van der Waals surface area contributed by atoms with Crippen molar-refractivity contribution in [1.82, 2.24) is 10.2 Å². The quantitative estimate of drug-likeness (QED) is 0.618. The standard InChI is InChI=1S/C9H16N2O/c1-8(9(12)10-2)7-11-5-3-4-6-11/h1,3-7H2,2H3,(H,10,12). The molecule has 0 bridgehead atoms. The minimum atomic E-state index is -0.0399. The fourth-order valence-electron chi connectivity index (χ4n) is 1.46. The summed E-state index contributed by atoms with van der Waals surface area (Å²) in [6, 6.07) is 0. The summed E-state index contributed by atoms with van der Waals surface area (Å²) in [7, 11) is 1.64. The van der Waals surface area contributed by atoms with Crippen LogP contribution in [0.25, 0.3) is 0 Å². The molecule has 0 aromatic heterocycles. The first-order valence-electron chi connectivity index (χ1n) is 4.36. The Kier molecular flexibility index (Phi) is 3.29. The molecule has 0 saturated carbocycles. The monoisotopic (exact) mass is 168 g/mol. The largest absolute Gasteiger partial charge is 0.355 e.